The highest BCUT2D eigenvalue weighted by Crippen LogP contribution is 2.23. The number of rotatable bonds is 5. The van der Waals surface area contributed by atoms with Crippen LogP contribution in [0.15, 0.2) is 53.4 Å². The summed E-state index contributed by atoms with van der Waals surface area (Å²) in [5, 5.41) is 0.710. The van der Waals surface area contributed by atoms with E-state index in [-0.39, 0.29) is 11.3 Å². The quantitative estimate of drug-likeness (QED) is 0.665. The van der Waals surface area contributed by atoms with Crippen LogP contribution < -0.4 is 0 Å². The predicted octanol–water partition coefficient (Wildman–Crippen LogP) is 5.39. The van der Waals surface area contributed by atoms with E-state index in [1.165, 1.54) is 17.3 Å². The van der Waals surface area contributed by atoms with Crippen LogP contribution >= 0.6 is 23.4 Å². The normalized spacial score (nSPS) is 11.4. The zero-order valence-electron chi connectivity index (χ0n) is 14.7. The molecule has 0 spiro atoms. The number of hydrogen-bond acceptors (Lipinski definition) is 2. The van der Waals surface area contributed by atoms with Gasteiger partial charge in [-0.1, -0.05) is 56.6 Å². The summed E-state index contributed by atoms with van der Waals surface area (Å²) in [6.45, 7) is 7.23. The lowest BCUT2D eigenvalue weighted by Gasteiger charge is -2.21. The fourth-order valence-electron chi connectivity index (χ4n) is 2.26. The van der Waals surface area contributed by atoms with E-state index in [0.29, 0.717) is 17.3 Å². The van der Waals surface area contributed by atoms with Gasteiger partial charge in [-0.3, -0.25) is 4.79 Å². The summed E-state index contributed by atoms with van der Waals surface area (Å²) in [4.78, 5) is 15.1. The highest BCUT2D eigenvalue weighted by atomic mass is 35.5. The van der Waals surface area contributed by atoms with E-state index in [4.69, 9.17) is 11.6 Å². The van der Waals surface area contributed by atoms with Gasteiger partial charge in [-0.15, -0.1) is 11.8 Å². The molecule has 0 N–H and O–H groups in total. The first kappa shape index (κ1) is 18.9. The first-order chi connectivity index (χ1) is 11.3. The van der Waals surface area contributed by atoms with Gasteiger partial charge in [0.05, 0.1) is 5.75 Å². The van der Waals surface area contributed by atoms with Crippen molar-refractivity contribution >= 4 is 29.3 Å². The lowest BCUT2D eigenvalue weighted by atomic mass is 9.87. The molecule has 0 aliphatic rings. The molecule has 2 aromatic carbocycles. The van der Waals surface area contributed by atoms with Gasteiger partial charge in [-0.25, -0.2) is 0 Å². The van der Waals surface area contributed by atoms with Crippen LogP contribution in [0.1, 0.15) is 31.9 Å². The van der Waals surface area contributed by atoms with Crippen LogP contribution in [-0.4, -0.2) is 23.6 Å². The Hall–Kier alpha value is -1.45. The molecule has 0 bridgehead atoms. The number of amides is 1. The second-order valence-corrected chi connectivity index (χ2v) is 8.42. The number of benzene rings is 2. The van der Waals surface area contributed by atoms with Gasteiger partial charge in [0, 0.05) is 23.5 Å². The Bertz CT molecular complexity index is 674. The lowest BCUT2D eigenvalue weighted by Crippen LogP contribution is -2.27. The van der Waals surface area contributed by atoms with Crippen molar-refractivity contribution in [1.82, 2.24) is 4.90 Å². The lowest BCUT2D eigenvalue weighted by molar-refractivity contribution is -0.127. The molecule has 0 unspecified atom stereocenters. The maximum atomic E-state index is 12.3. The summed E-state index contributed by atoms with van der Waals surface area (Å²) in [5.41, 5.74) is 2.60. The van der Waals surface area contributed by atoms with Crippen LogP contribution in [0.4, 0.5) is 0 Å². The number of halogens is 1. The summed E-state index contributed by atoms with van der Waals surface area (Å²) >= 11 is 7.40. The number of thioether (sulfide) groups is 1. The minimum Gasteiger partial charge on any atom is -0.341 e. The Morgan fingerprint density at radius 1 is 1.04 bits per heavy atom. The minimum atomic E-state index is 0.120. The Morgan fingerprint density at radius 3 is 2.17 bits per heavy atom. The van der Waals surface area contributed by atoms with Crippen LogP contribution in [0.25, 0.3) is 0 Å². The van der Waals surface area contributed by atoms with E-state index < -0.39 is 0 Å². The maximum Gasteiger partial charge on any atom is 0.232 e. The second kappa shape index (κ2) is 8.09. The van der Waals surface area contributed by atoms with Crippen LogP contribution in [0.3, 0.4) is 0 Å². The molecule has 0 saturated heterocycles. The van der Waals surface area contributed by atoms with Crippen molar-refractivity contribution in [2.45, 2.75) is 37.6 Å². The molecule has 0 aromatic heterocycles. The Kier molecular flexibility index (Phi) is 6.36. The Labute approximate surface area is 154 Å². The van der Waals surface area contributed by atoms with Crippen LogP contribution in [0.5, 0.6) is 0 Å². The highest BCUT2D eigenvalue weighted by Gasteiger charge is 2.14. The molecule has 0 saturated carbocycles. The van der Waals surface area contributed by atoms with Crippen LogP contribution in [0.2, 0.25) is 5.02 Å². The van der Waals surface area contributed by atoms with E-state index in [2.05, 4.69) is 45.0 Å². The first-order valence-electron chi connectivity index (χ1n) is 7.97. The molecule has 2 nitrogen and oxygen atoms in total. The summed E-state index contributed by atoms with van der Waals surface area (Å²) in [7, 11) is 1.85. The van der Waals surface area contributed by atoms with Gasteiger partial charge in [-0.2, -0.15) is 0 Å². The summed E-state index contributed by atoms with van der Waals surface area (Å²) in [5.74, 6) is 0.549. The molecule has 128 valence electrons. The Morgan fingerprint density at radius 2 is 1.62 bits per heavy atom. The van der Waals surface area contributed by atoms with E-state index in [0.717, 1.165) is 10.5 Å². The average molecular weight is 362 g/mol. The highest BCUT2D eigenvalue weighted by molar-refractivity contribution is 8.00. The molecule has 0 aliphatic heterocycles. The van der Waals surface area contributed by atoms with Crippen molar-refractivity contribution < 1.29 is 4.79 Å². The third kappa shape index (κ3) is 5.57. The van der Waals surface area contributed by atoms with Crippen molar-refractivity contribution in [3.8, 4) is 0 Å². The first-order valence-corrected chi connectivity index (χ1v) is 9.34. The summed E-state index contributed by atoms with van der Waals surface area (Å²) in [6, 6.07) is 16.1. The molecule has 0 fully saturated rings. The van der Waals surface area contributed by atoms with E-state index >= 15 is 0 Å². The Balaban J connectivity index is 1.88. The molecule has 1 amide bonds. The molecule has 0 radical (unpaired) electrons. The molecular formula is C20H24ClNOS. The fourth-order valence-corrected chi connectivity index (χ4v) is 3.22. The number of nitrogens with zero attached hydrogens (tertiary/aromatic N) is 1. The molecular weight excluding hydrogens is 338 g/mol. The van der Waals surface area contributed by atoms with Crippen molar-refractivity contribution in [2.75, 3.05) is 12.8 Å². The van der Waals surface area contributed by atoms with Gasteiger partial charge in [0.2, 0.25) is 5.91 Å². The smallest absolute Gasteiger partial charge is 0.232 e. The van der Waals surface area contributed by atoms with Crippen molar-refractivity contribution in [3.63, 3.8) is 0 Å². The summed E-state index contributed by atoms with van der Waals surface area (Å²) < 4.78 is 0. The predicted molar refractivity (Wildman–Crippen MR) is 104 cm³/mol. The zero-order valence-corrected chi connectivity index (χ0v) is 16.2. The number of carbonyl (C=O) groups is 1. The van der Waals surface area contributed by atoms with Crippen molar-refractivity contribution in [3.05, 3.63) is 64.7 Å². The van der Waals surface area contributed by atoms with Gasteiger partial charge >= 0.3 is 0 Å². The van der Waals surface area contributed by atoms with Crippen LogP contribution in [-0.2, 0) is 16.8 Å². The van der Waals surface area contributed by atoms with Gasteiger partial charge in [-0.05, 0) is 40.8 Å². The minimum absolute atomic E-state index is 0.120. The molecule has 2 aromatic rings. The van der Waals surface area contributed by atoms with E-state index in [1.54, 1.807) is 4.90 Å². The molecule has 2 rings (SSSR count). The van der Waals surface area contributed by atoms with Crippen molar-refractivity contribution in [1.29, 1.82) is 0 Å². The monoisotopic (exact) mass is 361 g/mol. The van der Waals surface area contributed by atoms with Gasteiger partial charge in [0.1, 0.15) is 0 Å². The maximum absolute atomic E-state index is 12.3. The van der Waals surface area contributed by atoms with Gasteiger partial charge in [0.15, 0.2) is 0 Å². The standard InChI is InChI=1S/C20H24ClNOS/c1-20(2,3)16-7-5-15(6-8-16)13-22(4)19(23)14-24-18-11-9-17(21)10-12-18/h5-12H,13-14H2,1-4H3. The van der Waals surface area contributed by atoms with Crippen molar-refractivity contribution in [2.24, 2.45) is 0 Å². The molecule has 24 heavy (non-hydrogen) atoms. The van der Waals surface area contributed by atoms with E-state index in [9.17, 15) is 4.79 Å². The third-order valence-electron chi connectivity index (χ3n) is 3.84. The second-order valence-electron chi connectivity index (χ2n) is 6.94. The SMILES string of the molecule is CN(Cc1ccc(C(C)(C)C)cc1)C(=O)CSc1ccc(Cl)cc1. The van der Waals surface area contributed by atoms with Gasteiger partial charge < -0.3 is 4.90 Å². The fraction of sp³-hybridized carbons (Fsp3) is 0.350. The topological polar surface area (TPSA) is 20.3 Å². The summed E-state index contributed by atoms with van der Waals surface area (Å²) in [6.07, 6.45) is 0. The molecule has 0 atom stereocenters. The van der Waals surface area contributed by atoms with Gasteiger partial charge in [0.25, 0.3) is 0 Å². The molecule has 0 heterocycles. The molecule has 0 aliphatic carbocycles. The number of carbonyl (C=O) groups excluding carboxylic acids is 1. The number of hydrogen-bond donors (Lipinski definition) is 0. The average Bonchev–Trinajstić information content (AvgIpc) is 2.53. The molecule has 4 heteroatoms. The van der Waals surface area contributed by atoms with E-state index in [1.807, 2.05) is 31.3 Å². The van der Waals surface area contributed by atoms with Crippen LogP contribution in [0, 0.1) is 0 Å². The zero-order chi connectivity index (χ0) is 17.7. The third-order valence-corrected chi connectivity index (χ3v) is 5.09. The largest absolute Gasteiger partial charge is 0.341 e.